The largest absolute Gasteiger partial charge is 1.00 e. The van der Waals surface area contributed by atoms with Gasteiger partial charge in [-0.2, -0.15) is 5.53 Å². The van der Waals surface area contributed by atoms with E-state index >= 15 is 0 Å². The number of nitrogens with two attached hydrogens (primary N) is 2. The Morgan fingerprint density at radius 3 is 1.23 bits per heavy atom. The van der Waals surface area contributed by atoms with Crippen LogP contribution in [0.4, 0.5) is 31.8 Å². The summed E-state index contributed by atoms with van der Waals surface area (Å²) in [5.74, 6) is 7.24. The first-order chi connectivity index (χ1) is 64.5. The molecule has 6 fully saturated rings. The number of nitrogens with one attached hydrogen (secondary N) is 3. The van der Waals surface area contributed by atoms with Gasteiger partial charge in [-0.15, -0.1) is 4.90 Å². The van der Waals surface area contributed by atoms with Crippen LogP contribution < -0.4 is 66.5 Å². The fourth-order valence-electron chi connectivity index (χ4n) is 16.7. The van der Waals surface area contributed by atoms with E-state index in [0.29, 0.717) is 18.1 Å². The number of amides is 2. The predicted molar refractivity (Wildman–Crippen MR) is 509 cm³/mol. The molecular formula is C83H97Br3ClFN35NaO7S3. The number of hydrogen-bond acceptors (Lipinski definition) is 25. The second-order valence-electron chi connectivity index (χ2n) is 33.4. The summed E-state index contributed by atoms with van der Waals surface area (Å²) in [7, 11) is -1.00. The van der Waals surface area contributed by atoms with E-state index in [9.17, 15) is 14.0 Å². The summed E-state index contributed by atoms with van der Waals surface area (Å²) in [6, 6.07) is 23.9. The van der Waals surface area contributed by atoms with Crippen molar-refractivity contribution in [3.63, 3.8) is 0 Å². The van der Waals surface area contributed by atoms with Gasteiger partial charge in [-0.1, -0.05) is 76.7 Å². The van der Waals surface area contributed by atoms with Crippen molar-refractivity contribution in [2.24, 2.45) is 106 Å². The molecule has 0 bridgehead atoms. The van der Waals surface area contributed by atoms with Gasteiger partial charge in [-0.05, 0) is 258 Å². The van der Waals surface area contributed by atoms with Crippen molar-refractivity contribution in [1.82, 2.24) is 68.7 Å². The van der Waals surface area contributed by atoms with Gasteiger partial charge in [0.2, 0.25) is 17.8 Å². The van der Waals surface area contributed by atoms with Gasteiger partial charge in [0, 0.05) is 175 Å². The summed E-state index contributed by atoms with van der Waals surface area (Å²) < 4.78 is 53.5. The van der Waals surface area contributed by atoms with E-state index < -0.39 is 18.4 Å². The predicted octanol–water partition coefficient (Wildman–Crippen LogP) is 16.8. The Hall–Kier alpha value is -10.3. The van der Waals surface area contributed by atoms with Gasteiger partial charge in [-0.25, -0.2) is 39.5 Å². The SMILES string of the molecule is C[C@@H]1OCC2(CCN(c3ncc(Sc4ccnc5c(Br)cccc45)c4nccn34)CC2)[C@@H]1N.C[C@@H]1OCC2(CCN(c3ncc(Sc4ccnc5c(Br)cccc45)c4nccn34)CC2)[C@@H]1NC(=O)OC(C)(C)C.C[C@@H]1OCC2(CCN(c3ncc([S-])c4nccn34)CC2)[C@@H]1NC(=O)OC(C)(C)C.Clc1ccnc2c(Br)cccc12.N=N/N=N/N=N/N=N/N=N/N=N/N=N/N=N/N.[2H]CF.[Na+]. The summed E-state index contributed by atoms with van der Waals surface area (Å²) in [5, 5.41) is 53.4. The van der Waals surface area contributed by atoms with Crippen molar-refractivity contribution >= 4 is 175 Å². The minimum Gasteiger partial charge on any atom is -0.775 e. The molecule has 3 aromatic carbocycles. The fraction of sp³-hybridized carbons (Fsp3) is 0.434. The van der Waals surface area contributed by atoms with Crippen molar-refractivity contribution in [2.45, 2.75) is 173 Å². The van der Waals surface area contributed by atoms with E-state index in [1.165, 1.54) is 0 Å². The Morgan fingerprint density at radius 2 is 0.851 bits per heavy atom. The van der Waals surface area contributed by atoms with E-state index in [0.717, 1.165) is 190 Å². The molecule has 700 valence electrons. The van der Waals surface area contributed by atoms with Crippen LogP contribution in [0.3, 0.4) is 0 Å². The average molecular weight is 2110 g/mol. The molecule has 0 saturated carbocycles. The minimum absolute atomic E-state index is 0. The average Bonchev–Trinajstić information content (AvgIpc) is 1.63. The zero-order chi connectivity index (χ0) is 95.3. The van der Waals surface area contributed by atoms with Crippen LogP contribution in [0.25, 0.3) is 49.7 Å². The second-order valence-corrected chi connectivity index (χ2v) is 39.0. The smallest absolute Gasteiger partial charge is 0.775 e. The van der Waals surface area contributed by atoms with Gasteiger partial charge in [-0.3, -0.25) is 32.5 Å². The van der Waals surface area contributed by atoms with Gasteiger partial charge in [0.15, 0.2) is 11.3 Å². The third-order valence-corrected chi connectivity index (χ3v) is 27.7. The topological polar surface area (TPSA) is 505 Å². The van der Waals surface area contributed by atoms with Crippen LogP contribution in [-0.2, 0) is 36.3 Å². The maximum absolute atomic E-state index is 12.6. The number of imidazole rings is 3. The zero-order valence-corrected chi connectivity index (χ0v) is 84.6. The Kier molecular flexibility index (Phi) is 35.5. The number of halogens is 5. The van der Waals surface area contributed by atoms with Gasteiger partial charge < -0.3 is 73.2 Å². The Morgan fingerprint density at radius 1 is 0.507 bits per heavy atom. The summed E-state index contributed by atoms with van der Waals surface area (Å²) in [5.41, 5.74) is 16.8. The second kappa shape index (κ2) is 47.0. The number of alkyl carbamates (subject to hydrolysis) is 2. The van der Waals surface area contributed by atoms with Crippen molar-refractivity contribution in [3.8, 4) is 0 Å². The van der Waals surface area contributed by atoms with Crippen LogP contribution in [0, 0.1) is 21.8 Å². The van der Waals surface area contributed by atoms with Crippen molar-refractivity contribution < 1.29 is 68.6 Å². The van der Waals surface area contributed by atoms with Gasteiger partial charge in [0.1, 0.15) is 16.8 Å². The van der Waals surface area contributed by atoms with E-state index in [1.54, 1.807) is 48.2 Å². The molecule has 42 nitrogen and oxygen atoms in total. The molecule has 6 aliphatic heterocycles. The Labute approximate surface area is 836 Å². The molecule has 0 radical (unpaired) electrons. The molecule has 6 aliphatic rings. The number of fused-ring (bicyclic) bond motifs is 6. The number of alkyl halides is 1. The number of anilines is 3. The minimum atomic E-state index is -1.00. The molecule has 15 heterocycles. The molecule has 134 heavy (non-hydrogen) atoms. The maximum atomic E-state index is 12.6. The number of hydrogen-bond donors (Lipinski definition) is 5. The molecule has 2 amide bonds. The molecular weight excluding hydrogens is 2010 g/mol. The third-order valence-electron chi connectivity index (χ3n) is 23.0. The van der Waals surface area contributed by atoms with Gasteiger partial charge in [0.05, 0.1) is 90.1 Å². The van der Waals surface area contributed by atoms with E-state index in [4.69, 9.17) is 75.5 Å². The molecule has 0 aliphatic carbocycles. The van der Waals surface area contributed by atoms with Crippen molar-refractivity contribution in [3.05, 3.63) is 166 Å². The molecule has 51 heteroatoms. The summed E-state index contributed by atoms with van der Waals surface area (Å²) in [6.45, 7) is 24.5. The molecule has 6 atom stereocenters. The molecule has 3 spiro atoms. The number of carbonyl (C=O) groups excluding carboxylic acids is 2. The molecule has 18 rings (SSSR count). The maximum Gasteiger partial charge on any atom is 1.00 e. The van der Waals surface area contributed by atoms with E-state index in [2.05, 4.69) is 215 Å². The third kappa shape index (κ3) is 24.9. The van der Waals surface area contributed by atoms with E-state index in [-0.39, 0.29) is 94.4 Å². The standard InChI is InChI=1S/C29H33BrN6O3S.C24H25BrN6OS.C20H29N5O3S.C9H5BrClN.CH3F.H3N17.Na/c1-18-24(34-27(37)39-28(2,3)4)29(17-38-18)9-13-35(14-10-29)26-33-16-22(25-32-12-15-36(25)26)40-21-8-11-31-23-19(21)6-5-7-20(23)30;1-15-21(26)24(14-32-15)6-10-30(11-7-24)23-29-13-19(22-28-9-12-31(22)23)33-18-5-8-27-20-16(18)3-2-4-17(20)25;1-13-15(23-18(26)28-19(2,3)4)20(12-27-13)5-8-24(9-6-20)17-22-11-14(29)16-21-7-10-25(16)17;10-7-3-1-2-6-8(11)4-5-12-9(6)7;1-2;1-3-5-7-9-11-13-15-17-16-14-12-10-8-6-4-2;/h5-8,11-12,15-16,18,24H,9-10,13-14,17H2,1-4H3,(H,34,37);2-5,8-9,12-13,15,21H,6-7,10-11,14,26H2,1H3;7,10-11,13,15,29H,5-6,8-9,12H2,1-4H3,(H,23,26);1-5H;1H3;(H3,1,2,5,6,9,10,13,14,17);/q;;;;;;+1/p-1/t18-,24+;15-,21+;13-,15+;;;;/m000..../s1/i;;;;1D;;. The Bertz CT molecular complexity index is 6280. The summed E-state index contributed by atoms with van der Waals surface area (Å²) in [6.07, 6.45) is 27.1. The van der Waals surface area contributed by atoms with Gasteiger partial charge in [0.25, 0.3) is 0 Å². The number of piperidine rings is 3. The van der Waals surface area contributed by atoms with Crippen molar-refractivity contribution in [1.29, 1.82) is 5.53 Å². The first-order valence-corrected chi connectivity index (χ1v) is 46.6. The van der Waals surface area contributed by atoms with Crippen LogP contribution in [0.2, 0.25) is 5.02 Å². The van der Waals surface area contributed by atoms with Crippen LogP contribution in [0.5, 0.6) is 0 Å². The van der Waals surface area contributed by atoms with Crippen molar-refractivity contribution in [2.75, 3.05) is 80.9 Å². The number of aromatic nitrogens is 12. The first-order valence-electron chi connectivity index (χ1n) is 42.5. The molecule has 9 aromatic heterocycles. The molecule has 6 saturated heterocycles. The molecule has 12 aromatic rings. The van der Waals surface area contributed by atoms with E-state index in [1.807, 2.05) is 170 Å². The summed E-state index contributed by atoms with van der Waals surface area (Å²) in [4.78, 5) is 78.1. The first kappa shape index (κ1) is 101. The zero-order valence-electron chi connectivity index (χ0n) is 75.7. The normalized spacial score (nSPS) is 19.9. The monoisotopic (exact) mass is 2110 g/mol. The van der Waals surface area contributed by atoms with Gasteiger partial charge >= 0.3 is 41.7 Å². The number of ether oxygens (including phenoxy) is 5. The van der Waals surface area contributed by atoms with Crippen LogP contribution in [0.1, 0.15) is 102 Å². The summed E-state index contributed by atoms with van der Waals surface area (Å²) >= 11 is 25.2. The number of para-hydroxylation sites is 3. The number of rotatable bonds is 16. The number of carbonyl (C=O) groups is 2. The Balaban J connectivity index is 0.000000158. The van der Waals surface area contributed by atoms with Crippen LogP contribution in [-0.4, -0.2) is 184 Å². The number of benzene rings is 3. The number of pyridine rings is 3. The fourth-order valence-corrected chi connectivity index (χ4v) is 20.5. The molecule has 7 N–H and O–H groups in total. The number of nitrogens with zero attached hydrogens (tertiary/aromatic N) is 30. The quantitative estimate of drug-likeness (QED) is 0.0197. The van der Waals surface area contributed by atoms with Crippen LogP contribution >= 0.6 is 82.9 Å². The van der Waals surface area contributed by atoms with Crippen LogP contribution in [0.15, 0.2) is 263 Å². The molecule has 0 unspecified atom stereocenters.